The number of pyridine rings is 1. The molecule has 0 saturated heterocycles. The number of nitrogens with zero attached hydrogens (tertiary/aromatic N) is 2. The van der Waals surface area contributed by atoms with Gasteiger partial charge in [0.05, 0.1) is 11.6 Å². The molecule has 0 saturated carbocycles. The van der Waals surface area contributed by atoms with Crippen LogP contribution in [-0.2, 0) is 6.42 Å². The van der Waals surface area contributed by atoms with Crippen LogP contribution in [0.4, 0.5) is 0 Å². The molecule has 0 aliphatic rings. The minimum atomic E-state index is 0.621. The molecule has 0 fully saturated rings. The SMILES string of the molecule is CCCCCCc1ccc(C#Cc2ccc(/C(C#N)=C\c3ccncc3)cc2)cc1. The predicted molar refractivity (Wildman–Crippen MR) is 124 cm³/mol. The van der Waals surface area contributed by atoms with Crippen LogP contribution >= 0.6 is 0 Å². The minimum absolute atomic E-state index is 0.621. The number of hydrogen-bond donors (Lipinski definition) is 0. The topological polar surface area (TPSA) is 36.7 Å². The standard InChI is InChI=1S/C28H26N2/c1-2-3-4-5-6-23-7-9-24(10-8-23)11-12-25-13-15-27(16-14-25)28(22-29)21-26-17-19-30-20-18-26/h7-10,13-21H,2-6H2,1H3/b28-21-. The van der Waals surface area contributed by atoms with Crippen molar-refractivity contribution in [2.24, 2.45) is 0 Å². The number of aromatic nitrogens is 1. The Morgan fingerprint density at radius 2 is 1.47 bits per heavy atom. The zero-order valence-corrected chi connectivity index (χ0v) is 17.4. The molecule has 0 aliphatic carbocycles. The summed E-state index contributed by atoms with van der Waals surface area (Å²) in [6, 6.07) is 22.4. The van der Waals surface area contributed by atoms with Crippen molar-refractivity contribution >= 4 is 11.6 Å². The Balaban J connectivity index is 1.64. The lowest BCUT2D eigenvalue weighted by Gasteiger charge is -2.01. The Morgan fingerprint density at radius 3 is 2.07 bits per heavy atom. The van der Waals surface area contributed by atoms with Crippen molar-refractivity contribution in [2.75, 3.05) is 0 Å². The Bertz CT molecular complexity index is 1060. The average molecular weight is 391 g/mol. The number of aryl methyl sites for hydroxylation is 1. The Hall–Kier alpha value is -3.62. The van der Waals surface area contributed by atoms with Crippen LogP contribution in [-0.4, -0.2) is 4.98 Å². The zero-order valence-electron chi connectivity index (χ0n) is 17.4. The molecule has 0 radical (unpaired) electrons. The average Bonchev–Trinajstić information content (AvgIpc) is 2.81. The summed E-state index contributed by atoms with van der Waals surface area (Å²) in [7, 11) is 0. The predicted octanol–water partition coefficient (Wildman–Crippen LogP) is 6.67. The van der Waals surface area contributed by atoms with Gasteiger partial charge < -0.3 is 0 Å². The van der Waals surface area contributed by atoms with Crippen LogP contribution < -0.4 is 0 Å². The van der Waals surface area contributed by atoms with E-state index >= 15 is 0 Å². The molecule has 0 atom stereocenters. The fraction of sp³-hybridized carbons (Fsp3) is 0.214. The molecule has 2 nitrogen and oxygen atoms in total. The largest absolute Gasteiger partial charge is 0.265 e. The van der Waals surface area contributed by atoms with Crippen LogP contribution in [0.3, 0.4) is 0 Å². The highest BCUT2D eigenvalue weighted by atomic mass is 14.6. The Labute approximate surface area is 179 Å². The molecule has 1 aromatic heterocycles. The molecular weight excluding hydrogens is 364 g/mol. The molecule has 0 N–H and O–H groups in total. The lowest BCUT2D eigenvalue weighted by molar-refractivity contribution is 0.667. The second-order valence-electron chi connectivity index (χ2n) is 7.29. The lowest BCUT2D eigenvalue weighted by Crippen LogP contribution is -1.86. The fourth-order valence-electron chi connectivity index (χ4n) is 3.19. The van der Waals surface area contributed by atoms with Gasteiger partial charge in [-0.2, -0.15) is 5.26 Å². The van der Waals surface area contributed by atoms with Gasteiger partial charge >= 0.3 is 0 Å². The van der Waals surface area contributed by atoms with Crippen LogP contribution in [0, 0.1) is 23.2 Å². The maximum Gasteiger partial charge on any atom is 0.0998 e. The number of allylic oxidation sites excluding steroid dienone is 1. The van der Waals surface area contributed by atoms with Gasteiger partial charge in [-0.05, 0) is 72.0 Å². The lowest BCUT2D eigenvalue weighted by atomic mass is 10.0. The van der Waals surface area contributed by atoms with Gasteiger partial charge in [-0.25, -0.2) is 0 Å². The van der Waals surface area contributed by atoms with Crippen LogP contribution in [0.25, 0.3) is 11.6 Å². The van der Waals surface area contributed by atoms with Crippen LogP contribution in [0.2, 0.25) is 0 Å². The third-order valence-corrected chi connectivity index (χ3v) is 4.96. The smallest absolute Gasteiger partial charge is 0.0998 e. The molecule has 0 aliphatic heterocycles. The Kier molecular flexibility index (Phi) is 8.02. The van der Waals surface area contributed by atoms with Crippen LogP contribution in [0.1, 0.15) is 60.4 Å². The molecule has 30 heavy (non-hydrogen) atoms. The first kappa shape index (κ1) is 21.1. The van der Waals surface area contributed by atoms with Gasteiger partial charge in [0.25, 0.3) is 0 Å². The number of rotatable bonds is 7. The number of benzene rings is 2. The van der Waals surface area contributed by atoms with Gasteiger partial charge in [-0.15, -0.1) is 0 Å². The van der Waals surface area contributed by atoms with Crippen molar-refractivity contribution in [3.8, 4) is 17.9 Å². The first-order valence-corrected chi connectivity index (χ1v) is 10.5. The second kappa shape index (κ2) is 11.4. The summed E-state index contributed by atoms with van der Waals surface area (Å²) in [5.74, 6) is 6.44. The van der Waals surface area contributed by atoms with Crippen molar-refractivity contribution < 1.29 is 0 Å². The first-order chi connectivity index (χ1) is 14.8. The van der Waals surface area contributed by atoms with Crippen molar-refractivity contribution in [3.05, 3.63) is 101 Å². The van der Waals surface area contributed by atoms with Crippen molar-refractivity contribution in [1.29, 1.82) is 5.26 Å². The number of unbranched alkanes of at least 4 members (excludes halogenated alkanes) is 3. The van der Waals surface area contributed by atoms with Gasteiger partial charge in [0.1, 0.15) is 0 Å². The number of nitriles is 1. The van der Waals surface area contributed by atoms with Crippen LogP contribution in [0.15, 0.2) is 73.1 Å². The normalized spacial score (nSPS) is 10.7. The minimum Gasteiger partial charge on any atom is -0.265 e. The summed E-state index contributed by atoms with van der Waals surface area (Å²) in [5.41, 5.74) is 5.79. The van der Waals surface area contributed by atoms with Crippen molar-refractivity contribution in [2.45, 2.75) is 39.0 Å². The maximum absolute atomic E-state index is 9.50. The molecule has 148 valence electrons. The van der Waals surface area contributed by atoms with E-state index in [4.69, 9.17) is 0 Å². The molecule has 1 heterocycles. The summed E-state index contributed by atoms with van der Waals surface area (Å²) < 4.78 is 0. The van der Waals surface area contributed by atoms with Crippen LogP contribution in [0.5, 0.6) is 0 Å². The summed E-state index contributed by atoms with van der Waals surface area (Å²) in [5, 5.41) is 9.50. The van der Waals surface area contributed by atoms with E-state index in [0.717, 1.165) is 28.7 Å². The van der Waals surface area contributed by atoms with Gasteiger partial charge in [-0.3, -0.25) is 4.98 Å². The quantitative estimate of drug-likeness (QED) is 0.257. The Morgan fingerprint density at radius 1 is 0.833 bits per heavy atom. The summed E-state index contributed by atoms with van der Waals surface area (Å²) in [6.07, 6.45) is 11.6. The molecule has 2 heteroatoms. The molecule has 3 aromatic rings. The molecule has 0 bridgehead atoms. The summed E-state index contributed by atoms with van der Waals surface area (Å²) in [6.45, 7) is 2.24. The van der Waals surface area contributed by atoms with Gasteiger partial charge in [0, 0.05) is 23.5 Å². The zero-order chi connectivity index (χ0) is 21.0. The summed E-state index contributed by atoms with van der Waals surface area (Å²) >= 11 is 0. The molecule has 3 rings (SSSR count). The van der Waals surface area contributed by atoms with Gasteiger partial charge in [-0.1, -0.05) is 62.3 Å². The van der Waals surface area contributed by atoms with E-state index in [9.17, 15) is 5.26 Å². The first-order valence-electron chi connectivity index (χ1n) is 10.5. The highest BCUT2D eigenvalue weighted by Crippen LogP contribution is 2.18. The van der Waals surface area contributed by atoms with Gasteiger partial charge in [0.2, 0.25) is 0 Å². The molecule has 0 spiro atoms. The third-order valence-electron chi connectivity index (χ3n) is 4.96. The molecule has 0 unspecified atom stereocenters. The van der Waals surface area contributed by atoms with Gasteiger partial charge in [0.15, 0.2) is 0 Å². The fourth-order valence-corrected chi connectivity index (χ4v) is 3.19. The second-order valence-corrected chi connectivity index (χ2v) is 7.29. The number of hydrogen-bond acceptors (Lipinski definition) is 2. The van der Waals surface area contributed by atoms with E-state index < -0.39 is 0 Å². The van der Waals surface area contributed by atoms with Crippen molar-refractivity contribution in [1.82, 2.24) is 4.98 Å². The van der Waals surface area contributed by atoms with E-state index in [1.165, 1.54) is 31.2 Å². The molecule has 0 amide bonds. The molecular formula is C28H26N2. The van der Waals surface area contributed by atoms with E-state index in [0.29, 0.717) is 5.57 Å². The van der Waals surface area contributed by atoms with E-state index in [2.05, 4.69) is 54.1 Å². The van der Waals surface area contributed by atoms with Crippen molar-refractivity contribution in [3.63, 3.8) is 0 Å². The van der Waals surface area contributed by atoms with E-state index in [1.54, 1.807) is 12.4 Å². The summed E-state index contributed by atoms with van der Waals surface area (Å²) in [4.78, 5) is 4.01. The third kappa shape index (κ3) is 6.47. The highest BCUT2D eigenvalue weighted by molar-refractivity contribution is 5.89. The maximum atomic E-state index is 9.50. The highest BCUT2D eigenvalue weighted by Gasteiger charge is 2.01. The molecule has 2 aromatic carbocycles. The van der Waals surface area contributed by atoms with E-state index in [1.807, 2.05) is 42.5 Å². The van der Waals surface area contributed by atoms with E-state index in [-0.39, 0.29) is 0 Å². The monoisotopic (exact) mass is 390 g/mol.